The molecule has 1 unspecified atom stereocenters. The van der Waals surface area contributed by atoms with Crippen LogP contribution in [0.4, 0.5) is 5.69 Å². The third-order valence-electron chi connectivity index (χ3n) is 3.46. The van der Waals surface area contributed by atoms with E-state index in [0.717, 1.165) is 36.3 Å². The molecule has 0 radical (unpaired) electrons. The van der Waals surface area contributed by atoms with Crippen LogP contribution >= 0.6 is 0 Å². The largest absolute Gasteiger partial charge is 0.399 e. The molecule has 1 amide bonds. The summed E-state index contributed by atoms with van der Waals surface area (Å²) in [5.74, 6) is 0.752. The molecule has 0 bridgehead atoms. The van der Waals surface area contributed by atoms with E-state index in [1.165, 1.54) is 6.42 Å². The smallest absolute Gasteiger partial charge is 0.253 e. The van der Waals surface area contributed by atoms with Crippen molar-refractivity contribution in [3.63, 3.8) is 0 Å². The number of piperidine rings is 1. The summed E-state index contributed by atoms with van der Waals surface area (Å²) in [6.45, 7) is 5.90. The van der Waals surface area contributed by atoms with Gasteiger partial charge in [0.05, 0.1) is 0 Å². The number of hydrogen-bond acceptors (Lipinski definition) is 2. The molecule has 0 saturated carbocycles. The molecule has 0 aliphatic carbocycles. The second-order valence-corrected chi connectivity index (χ2v) is 5.07. The maximum absolute atomic E-state index is 12.3. The lowest BCUT2D eigenvalue weighted by Gasteiger charge is -2.31. The standard InChI is InChI=1S/C14H20N2O/c1-10-4-3-7-16(9-10)14(17)12-5-6-13(15)11(2)8-12/h5-6,8,10H,3-4,7,9,15H2,1-2H3. The summed E-state index contributed by atoms with van der Waals surface area (Å²) in [6.07, 6.45) is 2.34. The summed E-state index contributed by atoms with van der Waals surface area (Å²) in [4.78, 5) is 14.3. The average molecular weight is 232 g/mol. The second kappa shape index (κ2) is 4.78. The summed E-state index contributed by atoms with van der Waals surface area (Å²) >= 11 is 0. The Morgan fingerprint density at radius 3 is 2.88 bits per heavy atom. The fourth-order valence-corrected chi connectivity index (χ4v) is 2.37. The van der Waals surface area contributed by atoms with Crippen molar-refractivity contribution >= 4 is 11.6 Å². The van der Waals surface area contributed by atoms with E-state index in [0.29, 0.717) is 5.92 Å². The number of nitrogens with zero attached hydrogens (tertiary/aromatic N) is 1. The van der Waals surface area contributed by atoms with Gasteiger partial charge in [-0.15, -0.1) is 0 Å². The van der Waals surface area contributed by atoms with Crippen LogP contribution in [0.5, 0.6) is 0 Å². The van der Waals surface area contributed by atoms with Gasteiger partial charge in [-0.25, -0.2) is 0 Å². The number of nitrogens with two attached hydrogens (primary N) is 1. The van der Waals surface area contributed by atoms with Crippen LogP contribution in [0.15, 0.2) is 18.2 Å². The Balaban J connectivity index is 2.15. The molecule has 1 aromatic carbocycles. The molecule has 2 N–H and O–H groups in total. The lowest BCUT2D eigenvalue weighted by atomic mass is 9.99. The number of likely N-dealkylation sites (tertiary alicyclic amines) is 1. The fraction of sp³-hybridized carbons (Fsp3) is 0.500. The van der Waals surface area contributed by atoms with Gasteiger partial charge in [0.1, 0.15) is 0 Å². The minimum atomic E-state index is 0.139. The van der Waals surface area contributed by atoms with Crippen LogP contribution in [0, 0.1) is 12.8 Å². The Morgan fingerprint density at radius 2 is 2.24 bits per heavy atom. The van der Waals surface area contributed by atoms with Gasteiger partial charge in [-0.05, 0) is 49.4 Å². The molecule has 1 aromatic rings. The molecule has 92 valence electrons. The zero-order valence-electron chi connectivity index (χ0n) is 10.6. The Bertz CT molecular complexity index is 428. The van der Waals surface area contributed by atoms with Crippen LogP contribution in [-0.2, 0) is 0 Å². The molecule has 2 rings (SSSR count). The lowest BCUT2D eigenvalue weighted by molar-refractivity contribution is 0.0683. The summed E-state index contributed by atoms with van der Waals surface area (Å²) < 4.78 is 0. The van der Waals surface area contributed by atoms with Crippen LogP contribution < -0.4 is 5.73 Å². The van der Waals surface area contributed by atoms with Gasteiger partial charge in [0.2, 0.25) is 0 Å². The van der Waals surface area contributed by atoms with Crippen LogP contribution in [0.1, 0.15) is 35.7 Å². The molecular weight excluding hydrogens is 212 g/mol. The van der Waals surface area contributed by atoms with E-state index in [4.69, 9.17) is 5.73 Å². The molecule has 1 atom stereocenters. The van der Waals surface area contributed by atoms with Gasteiger partial charge in [-0.2, -0.15) is 0 Å². The van der Waals surface area contributed by atoms with Crippen molar-refractivity contribution in [3.8, 4) is 0 Å². The van der Waals surface area contributed by atoms with Gasteiger partial charge in [-0.3, -0.25) is 4.79 Å². The number of amides is 1. The van der Waals surface area contributed by atoms with Crippen LogP contribution in [0.3, 0.4) is 0 Å². The molecule has 3 heteroatoms. The number of hydrogen-bond donors (Lipinski definition) is 1. The first-order chi connectivity index (χ1) is 8.08. The van der Waals surface area contributed by atoms with Crippen molar-refractivity contribution in [1.29, 1.82) is 0 Å². The molecule has 0 aromatic heterocycles. The summed E-state index contributed by atoms with van der Waals surface area (Å²) in [5.41, 5.74) is 8.24. The predicted molar refractivity (Wildman–Crippen MR) is 69.9 cm³/mol. The molecule has 1 fully saturated rings. The Kier molecular flexibility index (Phi) is 3.36. The van der Waals surface area contributed by atoms with E-state index in [1.807, 2.05) is 30.0 Å². The van der Waals surface area contributed by atoms with Gasteiger partial charge in [0.15, 0.2) is 0 Å². The highest BCUT2D eigenvalue weighted by molar-refractivity contribution is 5.95. The zero-order valence-corrected chi connectivity index (χ0v) is 10.6. The molecular formula is C14H20N2O. The van der Waals surface area contributed by atoms with Crippen molar-refractivity contribution in [3.05, 3.63) is 29.3 Å². The van der Waals surface area contributed by atoms with Gasteiger partial charge < -0.3 is 10.6 Å². The maximum atomic E-state index is 12.3. The third-order valence-corrected chi connectivity index (χ3v) is 3.46. The van der Waals surface area contributed by atoms with E-state index >= 15 is 0 Å². The first-order valence-corrected chi connectivity index (χ1v) is 6.23. The first kappa shape index (κ1) is 12.0. The first-order valence-electron chi connectivity index (χ1n) is 6.23. The number of benzene rings is 1. The van der Waals surface area contributed by atoms with Crippen LogP contribution in [0.2, 0.25) is 0 Å². The number of nitrogen functional groups attached to an aromatic ring is 1. The van der Waals surface area contributed by atoms with Crippen molar-refractivity contribution in [2.75, 3.05) is 18.8 Å². The second-order valence-electron chi connectivity index (χ2n) is 5.07. The highest BCUT2D eigenvalue weighted by Gasteiger charge is 2.22. The van der Waals surface area contributed by atoms with E-state index in [9.17, 15) is 4.79 Å². The average Bonchev–Trinajstić information content (AvgIpc) is 2.32. The molecule has 17 heavy (non-hydrogen) atoms. The lowest BCUT2D eigenvalue weighted by Crippen LogP contribution is -2.39. The maximum Gasteiger partial charge on any atom is 0.253 e. The van der Waals surface area contributed by atoms with Gasteiger partial charge in [-0.1, -0.05) is 6.92 Å². The van der Waals surface area contributed by atoms with Crippen molar-refractivity contribution < 1.29 is 4.79 Å². The predicted octanol–water partition coefficient (Wildman–Crippen LogP) is 2.45. The topological polar surface area (TPSA) is 46.3 Å². The molecule has 3 nitrogen and oxygen atoms in total. The minimum absolute atomic E-state index is 0.139. The highest BCUT2D eigenvalue weighted by atomic mass is 16.2. The van der Waals surface area contributed by atoms with Gasteiger partial charge >= 0.3 is 0 Å². The normalized spacial score (nSPS) is 20.4. The SMILES string of the molecule is Cc1cc(C(=O)N2CCCC(C)C2)ccc1N. The molecule has 1 aliphatic heterocycles. The molecule has 0 spiro atoms. The summed E-state index contributed by atoms with van der Waals surface area (Å²) in [7, 11) is 0. The van der Waals surface area contributed by atoms with Gasteiger partial charge in [0.25, 0.3) is 5.91 Å². The third kappa shape index (κ3) is 2.60. The van der Waals surface area contributed by atoms with E-state index in [-0.39, 0.29) is 5.91 Å². The highest BCUT2D eigenvalue weighted by Crippen LogP contribution is 2.19. The molecule has 1 saturated heterocycles. The molecule has 1 heterocycles. The van der Waals surface area contributed by atoms with Crippen LogP contribution in [-0.4, -0.2) is 23.9 Å². The Labute approximate surface area is 103 Å². The van der Waals surface area contributed by atoms with Crippen molar-refractivity contribution in [2.24, 2.45) is 5.92 Å². The quantitative estimate of drug-likeness (QED) is 0.756. The van der Waals surface area contributed by atoms with Crippen molar-refractivity contribution in [2.45, 2.75) is 26.7 Å². The van der Waals surface area contributed by atoms with E-state index in [1.54, 1.807) is 0 Å². The monoisotopic (exact) mass is 232 g/mol. The number of anilines is 1. The van der Waals surface area contributed by atoms with Gasteiger partial charge in [0, 0.05) is 24.3 Å². The number of aryl methyl sites for hydroxylation is 1. The van der Waals surface area contributed by atoms with Crippen LogP contribution in [0.25, 0.3) is 0 Å². The fourth-order valence-electron chi connectivity index (χ4n) is 2.37. The van der Waals surface area contributed by atoms with Crippen molar-refractivity contribution in [1.82, 2.24) is 4.90 Å². The summed E-state index contributed by atoms with van der Waals surface area (Å²) in [5, 5.41) is 0. The Hall–Kier alpha value is -1.51. The minimum Gasteiger partial charge on any atom is -0.399 e. The van der Waals surface area contributed by atoms with E-state index in [2.05, 4.69) is 6.92 Å². The Morgan fingerprint density at radius 1 is 1.47 bits per heavy atom. The number of carbonyl (C=O) groups excluding carboxylic acids is 1. The zero-order chi connectivity index (χ0) is 12.4. The number of rotatable bonds is 1. The molecule has 1 aliphatic rings. The summed E-state index contributed by atoms with van der Waals surface area (Å²) in [6, 6.07) is 5.52. The number of carbonyl (C=O) groups is 1. The van der Waals surface area contributed by atoms with E-state index < -0.39 is 0 Å².